The summed E-state index contributed by atoms with van der Waals surface area (Å²) in [7, 11) is 2.07. The van der Waals surface area contributed by atoms with Crippen molar-refractivity contribution in [3.05, 3.63) is 46.9 Å². The van der Waals surface area contributed by atoms with Crippen LogP contribution in [0.25, 0.3) is 6.08 Å². The molecule has 0 saturated carbocycles. The quantitative estimate of drug-likeness (QED) is 0.441. The van der Waals surface area contributed by atoms with E-state index in [1.54, 1.807) is 24.3 Å². The second kappa shape index (κ2) is 11.8. The molecule has 0 radical (unpaired) electrons. The minimum absolute atomic E-state index is 0.234. The standard InChI is InChI=1S/C25H31NO9S/c1-16(27)35-25(2,3)24(28)26-20-12-17(8-9-21(20)32-5)15-36(29,30)11-10-19-22(33-6)13-18(31-4)14-23(19)34-7/h8-14H,15H2,1-7H3,(H,26,28)/b11-10+. The van der Waals surface area contributed by atoms with Crippen molar-refractivity contribution in [2.45, 2.75) is 32.1 Å². The first-order chi connectivity index (χ1) is 16.9. The Morgan fingerprint density at radius 3 is 2.00 bits per heavy atom. The van der Waals surface area contributed by atoms with Crippen LogP contribution in [0.5, 0.6) is 23.0 Å². The largest absolute Gasteiger partial charge is 0.496 e. The molecular weight excluding hydrogens is 490 g/mol. The maximum absolute atomic E-state index is 12.9. The number of carbonyl (C=O) groups is 2. The van der Waals surface area contributed by atoms with E-state index in [4.69, 9.17) is 23.7 Å². The van der Waals surface area contributed by atoms with E-state index < -0.39 is 27.3 Å². The van der Waals surface area contributed by atoms with Gasteiger partial charge in [0, 0.05) is 24.5 Å². The third-order valence-electron chi connectivity index (χ3n) is 5.02. The second-order valence-electron chi connectivity index (χ2n) is 8.15. The van der Waals surface area contributed by atoms with Gasteiger partial charge in [-0.05, 0) is 37.6 Å². The van der Waals surface area contributed by atoms with E-state index in [1.807, 2.05) is 0 Å². The van der Waals surface area contributed by atoms with Crippen LogP contribution in [-0.4, -0.2) is 54.3 Å². The number of esters is 1. The molecule has 2 aromatic rings. The minimum Gasteiger partial charge on any atom is -0.496 e. The van der Waals surface area contributed by atoms with Gasteiger partial charge in [-0.1, -0.05) is 6.07 Å². The maximum Gasteiger partial charge on any atom is 0.303 e. The number of anilines is 1. The third-order valence-corrected chi connectivity index (χ3v) is 6.31. The molecule has 11 heteroatoms. The molecule has 2 rings (SSSR count). The molecule has 0 fully saturated rings. The van der Waals surface area contributed by atoms with Crippen molar-refractivity contribution >= 4 is 33.5 Å². The van der Waals surface area contributed by atoms with Gasteiger partial charge in [-0.3, -0.25) is 9.59 Å². The number of hydrogen-bond acceptors (Lipinski definition) is 9. The molecule has 0 heterocycles. The molecule has 0 unspecified atom stereocenters. The van der Waals surface area contributed by atoms with Gasteiger partial charge >= 0.3 is 5.97 Å². The first kappa shape index (κ1) is 28.5. The molecule has 0 spiro atoms. The van der Waals surface area contributed by atoms with Crippen LogP contribution in [0.2, 0.25) is 0 Å². The van der Waals surface area contributed by atoms with Crippen molar-refractivity contribution in [3.63, 3.8) is 0 Å². The molecule has 36 heavy (non-hydrogen) atoms. The summed E-state index contributed by atoms with van der Waals surface area (Å²) < 4.78 is 52.0. The Hall–Kier alpha value is -3.73. The van der Waals surface area contributed by atoms with Gasteiger partial charge in [-0.15, -0.1) is 0 Å². The molecular formula is C25H31NO9S. The van der Waals surface area contributed by atoms with Gasteiger partial charge in [-0.2, -0.15) is 0 Å². The lowest BCUT2D eigenvalue weighted by Crippen LogP contribution is -2.41. The van der Waals surface area contributed by atoms with Gasteiger partial charge in [0.15, 0.2) is 15.4 Å². The molecule has 0 aliphatic carbocycles. The zero-order chi connectivity index (χ0) is 27.1. The second-order valence-corrected chi connectivity index (χ2v) is 10.0. The van der Waals surface area contributed by atoms with Crippen LogP contribution >= 0.6 is 0 Å². The van der Waals surface area contributed by atoms with Crippen molar-refractivity contribution in [2.75, 3.05) is 33.8 Å². The predicted molar refractivity (Wildman–Crippen MR) is 135 cm³/mol. The van der Waals surface area contributed by atoms with E-state index in [9.17, 15) is 18.0 Å². The fourth-order valence-electron chi connectivity index (χ4n) is 3.27. The van der Waals surface area contributed by atoms with Crippen LogP contribution < -0.4 is 24.3 Å². The summed E-state index contributed by atoms with van der Waals surface area (Å²) >= 11 is 0. The summed E-state index contributed by atoms with van der Waals surface area (Å²) in [6.07, 6.45) is 1.39. The lowest BCUT2D eigenvalue weighted by Gasteiger charge is -2.24. The number of nitrogens with one attached hydrogen (secondary N) is 1. The molecule has 0 aliphatic rings. The van der Waals surface area contributed by atoms with Crippen LogP contribution in [0, 0.1) is 0 Å². The van der Waals surface area contributed by atoms with E-state index >= 15 is 0 Å². The summed E-state index contributed by atoms with van der Waals surface area (Å²) in [5.41, 5.74) is -0.384. The van der Waals surface area contributed by atoms with Crippen LogP contribution in [0.1, 0.15) is 31.9 Å². The molecule has 196 valence electrons. The van der Waals surface area contributed by atoms with E-state index in [2.05, 4.69) is 5.32 Å². The van der Waals surface area contributed by atoms with E-state index in [0.717, 1.165) is 5.41 Å². The minimum atomic E-state index is -3.75. The van der Waals surface area contributed by atoms with Crippen molar-refractivity contribution < 1.29 is 41.7 Å². The predicted octanol–water partition coefficient (Wildman–Crippen LogP) is 3.59. The van der Waals surface area contributed by atoms with Gasteiger partial charge in [-0.25, -0.2) is 8.42 Å². The van der Waals surface area contributed by atoms with E-state index in [0.29, 0.717) is 34.1 Å². The first-order valence-corrected chi connectivity index (χ1v) is 12.5. The van der Waals surface area contributed by atoms with Gasteiger partial charge in [0.25, 0.3) is 5.91 Å². The first-order valence-electron chi connectivity index (χ1n) is 10.7. The molecule has 1 amide bonds. The number of ether oxygens (including phenoxy) is 5. The average Bonchev–Trinajstić information content (AvgIpc) is 2.81. The van der Waals surface area contributed by atoms with Gasteiger partial charge in [0.2, 0.25) is 0 Å². The molecule has 0 aromatic heterocycles. The summed E-state index contributed by atoms with van der Waals surface area (Å²) in [4.78, 5) is 24.0. The zero-order valence-electron chi connectivity index (χ0n) is 21.3. The Morgan fingerprint density at radius 1 is 0.917 bits per heavy atom. The smallest absolute Gasteiger partial charge is 0.303 e. The van der Waals surface area contributed by atoms with Gasteiger partial charge in [0.05, 0.1) is 45.4 Å². The van der Waals surface area contributed by atoms with Crippen LogP contribution in [0.3, 0.4) is 0 Å². The van der Waals surface area contributed by atoms with E-state index in [-0.39, 0.29) is 11.4 Å². The molecule has 0 atom stereocenters. The average molecular weight is 522 g/mol. The molecule has 10 nitrogen and oxygen atoms in total. The monoisotopic (exact) mass is 521 g/mol. The summed E-state index contributed by atoms with van der Waals surface area (Å²) in [5, 5.41) is 3.69. The number of amides is 1. The summed E-state index contributed by atoms with van der Waals surface area (Å²) in [6, 6.07) is 7.83. The van der Waals surface area contributed by atoms with Crippen molar-refractivity contribution in [3.8, 4) is 23.0 Å². The van der Waals surface area contributed by atoms with Crippen molar-refractivity contribution in [1.82, 2.24) is 0 Å². The molecule has 0 saturated heterocycles. The Balaban J connectivity index is 2.33. The van der Waals surface area contributed by atoms with Crippen molar-refractivity contribution in [1.29, 1.82) is 0 Å². The highest BCUT2D eigenvalue weighted by Gasteiger charge is 2.31. The summed E-state index contributed by atoms with van der Waals surface area (Å²) in [6.45, 7) is 4.08. The fraction of sp³-hybridized carbons (Fsp3) is 0.360. The number of hydrogen-bond donors (Lipinski definition) is 1. The highest BCUT2D eigenvalue weighted by Crippen LogP contribution is 2.35. The number of methoxy groups -OCH3 is 4. The summed E-state index contributed by atoms with van der Waals surface area (Å²) in [5.74, 6) is -0.0111. The number of rotatable bonds is 11. The SMILES string of the molecule is COc1cc(OC)c(/C=C/S(=O)(=O)Cc2ccc(OC)c(NC(=O)C(C)(C)OC(C)=O)c2)c(OC)c1. The van der Waals surface area contributed by atoms with Crippen LogP contribution in [0.15, 0.2) is 35.7 Å². The highest BCUT2D eigenvalue weighted by atomic mass is 32.2. The lowest BCUT2D eigenvalue weighted by molar-refractivity contribution is -0.160. The fourth-order valence-corrected chi connectivity index (χ4v) is 4.35. The third kappa shape index (κ3) is 7.38. The highest BCUT2D eigenvalue weighted by molar-refractivity contribution is 7.93. The van der Waals surface area contributed by atoms with Crippen LogP contribution in [0.4, 0.5) is 5.69 Å². The maximum atomic E-state index is 12.9. The molecule has 0 aliphatic heterocycles. The van der Waals surface area contributed by atoms with Gasteiger partial charge in [0.1, 0.15) is 23.0 Å². The van der Waals surface area contributed by atoms with Crippen LogP contribution in [-0.2, 0) is 29.9 Å². The number of benzene rings is 2. The number of carbonyl (C=O) groups excluding carboxylic acids is 2. The van der Waals surface area contributed by atoms with E-state index in [1.165, 1.54) is 61.4 Å². The Morgan fingerprint density at radius 2 is 1.50 bits per heavy atom. The number of sulfone groups is 1. The Bertz CT molecular complexity index is 1230. The van der Waals surface area contributed by atoms with Crippen molar-refractivity contribution in [2.24, 2.45) is 0 Å². The molecule has 1 N–H and O–H groups in total. The molecule has 2 aromatic carbocycles. The molecule has 0 bridgehead atoms. The Labute approximate surface area is 211 Å². The topological polar surface area (TPSA) is 126 Å². The lowest BCUT2D eigenvalue weighted by atomic mass is 10.1. The zero-order valence-corrected chi connectivity index (χ0v) is 22.1. The normalized spacial score (nSPS) is 11.6. The van der Waals surface area contributed by atoms with Gasteiger partial charge < -0.3 is 29.0 Å². The Kier molecular flexibility index (Phi) is 9.35.